The number of ether oxygens (including phenoxy) is 1. The Morgan fingerprint density at radius 1 is 1.09 bits per heavy atom. The predicted molar refractivity (Wildman–Crippen MR) is 128 cm³/mol. The normalized spacial score (nSPS) is 14.2. The molecule has 1 aromatic heterocycles. The van der Waals surface area contributed by atoms with Gasteiger partial charge in [0.05, 0.1) is 17.7 Å². The van der Waals surface area contributed by atoms with E-state index in [1.54, 1.807) is 18.2 Å². The van der Waals surface area contributed by atoms with Crippen molar-refractivity contribution in [3.63, 3.8) is 0 Å². The highest BCUT2D eigenvalue weighted by atomic mass is 19.4. The number of nitrogens with one attached hydrogen (secondary N) is 1. The first-order chi connectivity index (χ1) is 16.6. The number of halogens is 3. The fourth-order valence-corrected chi connectivity index (χ4v) is 4.14. The average molecular weight is 483 g/mol. The van der Waals surface area contributed by atoms with Crippen LogP contribution < -0.4 is 5.32 Å². The van der Waals surface area contributed by atoms with Crippen molar-refractivity contribution in [2.24, 2.45) is 0 Å². The van der Waals surface area contributed by atoms with Gasteiger partial charge < -0.3 is 14.6 Å². The van der Waals surface area contributed by atoms with E-state index in [4.69, 9.17) is 4.74 Å². The third kappa shape index (κ3) is 4.87. The number of hydrogen-bond donors (Lipinski definition) is 1. The van der Waals surface area contributed by atoms with Gasteiger partial charge >= 0.3 is 12.1 Å². The SMILES string of the molecule is CCCCOC(=O)c1ccc(-n2c(C)cc(/C=C3/C(=O)Nc4cc(C(F)(F)F)ccc43)c2C)cc1. The highest BCUT2D eigenvalue weighted by Gasteiger charge is 2.33. The van der Waals surface area contributed by atoms with Gasteiger partial charge in [0.25, 0.3) is 5.91 Å². The zero-order chi connectivity index (χ0) is 25.3. The number of aryl methyl sites for hydroxylation is 1. The van der Waals surface area contributed by atoms with Crippen molar-refractivity contribution in [2.45, 2.75) is 39.8 Å². The lowest BCUT2D eigenvalue weighted by molar-refractivity contribution is -0.137. The molecule has 35 heavy (non-hydrogen) atoms. The summed E-state index contributed by atoms with van der Waals surface area (Å²) in [6.07, 6.45) is -1.04. The lowest BCUT2D eigenvalue weighted by atomic mass is 10.0. The fourth-order valence-electron chi connectivity index (χ4n) is 4.14. The van der Waals surface area contributed by atoms with Crippen LogP contribution in [-0.4, -0.2) is 23.1 Å². The molecule has 182 valence electrons. The van der Waals surface area contributed by atoms with Crippen molar-refractivity contribution in [3.8, 4) is 5.69 Å². The van der Waals surface area contributed by atoms with Crippen molar-refractivity contribution in [3.05, 3.63) is 82.2 Å². The number of rotatable bonds is 6. The molecule has 1 aliphatic heterocycles. The lowest BCUT2D eigenvalue weighted by Gasteiger charge is -2.11. The molecule has 0 radical (unpaired) electrons. The second-order valence-corrected chi connectivity index (χ2v) is 8.47. The van der Waals surface area contributed by atoms with Crippen molar-refractivity contribution >= 4 is 29.2 Å². The molecule has 0 saturated carbocycles. The molecule has 2 heterocycles. The molecule has 1 aliphatic rings. The minimum atomic E-state index is -4.49. The summed E-state index contributed by atoms with van der Waals surface area (Å²) in [6.45, 7) is 6.22. The van der Waals surface area contributed by atoms with Gasteiger partial charge in [0, 0.05) is 33.9 Å². The van der Waals surface area contributed by atoms with E-state index < -0.39 is 17.6 Å². The summed E-state index contributed by atoms with van der Waals surface area (Å²) in [5, 5.41) is 2.53. The third-order valence-electron chi connectivity index (χ3n) is 5.99. The van der Waals surface area contributed by atoms with Gasteiger partial charge in [-0.3, -0.25) is 4.79 Å². The Morgan fingerprint density at radius 3 is 2.46 bits per heavy atom. The maximum Gasteiger partial charge on any atom is 0.416 e. The van der Waals surface area contributed by atoms with Crippen molar-refractivity contribution < 1.29 is 27.5 Å². The first-order valence-corrected chi connectivity index (χ1v) is 11.3. The van der Waals surface area contributed by atoms with Crippen LogP contribution in [0.3, 0.4) is 0 Å². The van der Waals surface area contributed by atoms with Crippen LogP contribution in [0.1, 0.15) is 58.2 Å². The molecule has 0 aliphatic carbocycles. The Bertz CT molecular complexity index is 1320. The summed E-state index contributed by atoms with van der Waals surface area (Å²) in [5.41, 5.74) is 3.88. The molecule has 1 amide bonds. The summed E-state index contributed by atoms with van der Waals surface area (Å²) < 4.78 is 46.4. The molecule has 8 heteroatoms. The van der Waals surface area contributed by atoms with Gasteiger partial charge in [0.1, 0.15) is 0 Å². The molecule has 3 aromatic rings. The number of nitrogens with zero attached hydrogens (tertiary/aromatic N) is 1. The maximum atomic E-state index is 13.0. The van der Waals surface area contributed by atoms with Gasteiger partial charge in [0.15, 0.2) is 0 Å². The number of fused-ring (bicyclic) bond motifs is 1. The molecule has 0 fully saturated rings. The average Bonchev–Trinajstić information content (AvgIpc) is 3.27. The van der Waals surface area contributed by atoms with Crippen LogP contribution in [0.25, 0.3) is 17.3 Å². The Kier molecular flexibility index (Phi) is 6.56. The summed E-state index contributed by atoms with van der Waals surface area (Å²) in [6, 6.07) is 12.2. The van der Waals surface area contributed by atoms with Crippen molar-refractivity contribution in [1.82, 2.24) is 4.57 Å². The molecular formula is C27H25F3N2O3. The molecule has 0 bridgehead atoms. The molecule has 2 aromatic carbocycles. The standard InChI is InChI=1S/C27H25F3N2O3/c1-4-5-12-35-26(34)18-6-9-21(10-7-18)32-16(2)13-19(17(32)3)14-23-22-11-8-20(27(28,29)30)15-24(22)31-25(23)33/h6-11,13-15H,4-5,12H2,1-3H3,(H,31,33)/b23-14+. The third-order valence-corrected chi connectivity index (χ3v) is 5.99. The van der Waals surface area contributed by atoms with Gasteiger partial charge in [-0.1, -0.05) is 19.4 Å². The van der Waals surface area contributed by atoms with Gasteiger partial charge in [-0.25, -0.2) is 4.79 Å². The molecule has 0 spiro atoms. The van der Waals surface area contributed by atoms with Gasteiger partial charge in [-0.2, -0.15) is 13.2 Å². The number of hydrogen-bond acceptors (Lipinski definition) is 3. The van der Waals surface area contributed by atoms with Crippen molar-refractivity contribution in [2.75, 3.05) is 11.9 Å². The van der Waals surface area contributed by atoms with E-state index in [9.17, 15) is 22.8 Å². The quantitative estimate of drug-likeness (QED) is 0.246. The van der Waals surface area contributed by atoms with Crippen LogP contribution in [0.2, 0.25) is 0 Å². The molecule has 0 unspecified atom stereocenters. The first kappa shape index (κ1) is 24.3. The van der Waals surface area contributed by atoms with Gasteiger partial charge in [0.2, 0.25) is 0 Å². The molecule has 0 saturated heterocycles. The van der Waals surface area contributed by atoms with E-state index in [-0.39, 0.29) is 11.7 Å². The highest BCUT2D eigenvalue weighted by Crippen LogP contribution is 2.39. The Hall–Kier alpha value is -3.81. The van der Waals surface area contributed by atoms with E-state index in [0.717, 1.165) is 47.6 Å². The van der Waals surface area contributed by atoms with Crippen LogP contribution in [-0.2, 0) is 15.7 Å². The van der Waals surface area contributed by atoms with Crippen LogP contribution >= 0.6 is 0 Å². The van der Waals surface area contributed by atoms with E-state index in [0.29, 0.717) is 23.3 Å². The van der Waals surface area contributed by atoms with Crippen LogP contribution in [0.5, 0.6) is 0 Å². The summed E-state index contributed by atoms with van der Waals surface area (Å²) in [7, 11) is 0. The second kappa shape index (κ2) is 9.44. The monoisotopic (exact) mass is 482 g/mol. The smallest absolute Gasteiger partial charge is 0.416 e. The molecule has 0 atom stereocenters. The van der Waals surface area contributed by atoms with Gasteiger partial charge in [-0.05, 0) is 74.4 Å². The van der Waals surface area contributed by atoms with E-state index in [1.165, 1.54) is 6.07 Å². The van der Waals surface area contributed by atoms with Crippen LogP contribution in [0.15, 0.2) is 48.5 Å². The number of aromatic nitrogens is 1. The minimum Gasteiger partial charge on any atom is -0.462 e. The van der Waals surface area contributed by atoms with E-state index in [1.807, 2.05) is 43.5 Å². The molecular weight excluding hydrogens is 457 g/mol. The summed E-state index contributed by atoms with van der Waals surface area (Å²) in [5.74, 6) is -0.814. The lowest BCUT2D eigenvalue weighted by Crippen LogP contribution is -2.07. The number of esters is 1. The largest absolute Gasteiger partial charge is 0.462 e. The molecule has 4 rings (SSSR count). The maximum absolute atomic E-state index is 13.0. The van der Waals surface area contributed by atoms with Gasteiger partial charge in [-0.15, -0.1) is 0 Å². The topological polar surface area (TPSA) is 60.3 Å². The Morgan fingerprint density at radius 2 is 1.80 bits per heavy atom. The highest BCUT2D eigenvalue weighted by molar-refractivity contribution is 6.35. The zero-order valence-corrected chi connectivity index (χ0v) is 19.6. The predicted octanol–water partition coefficient (Wildman–Crippen LogP) is 6.56. The van der Waals surface area contributed by atoms with E-state index in [2.05, 4.69) is 5.32 Å². The fraction of sp³-hybridized carbons (Fsp3) is 0.259. The van der Waals surface area contributed by atoms with E-state index >= 15 is 0 Å². The number of unbranched alkanes of at least 4 members (excludes halogenated alkanes) is 1. The molecule has 5 nitrogen and oxygen atoms in total. The zero-order valence-electron chi connectivity index (χ0n) is 19.6. The Balaban J connectivity index is 1.63. The number of benzene rings is 2. The summed E-state index contributed by atoms with van der Waals surface area (Å²) in [4.78, 5) is 24.7. The van der Waals surface area contributed by atoms with Crippen molar-refractivity contribution in [1.29, 1.82) is 0 Å². The minimum absolute atomic E-state index is 0.145. The number of carbonyl (C=O) groups excluding carboxylic acids is 2. The summed E-state index contributed by atoms with van der Waals surface area (Å²) >= 11 is 0. The molecule has 1 N–H and O–H groups in total. The second-order valence-electron chi connectivity index (χ2n) is 8.47. The number of amides is 1. The first-order valence-electron chi connectivity index (χ1n) is 11.3. The number of anilines is 1. The number of alkyl halides is 3. The number of carbonyl (C=O) groups is 2. The van der Waals surface area contributed by atoms with Crippen LogP contribution in [0.4, 0.5) is 18.9 Å². The Labute approximate surface area is 201 Å². The van der Waals surface area contributed by atoms with Crippen LogP contribution in [0, 0.1) is 13.8 Å².